The Hall–Kier alpha value is -7.82. The van der Waals surface area contributed by atoms with Gasteiger partial charge in [0, 0.05) is 88.3 Å². The van der Waals surface area contributed by atoms with Crippen molar-refractivity contribution in [1.29, 1.82) is 0 Å². The van der Waals surface area contributed by atoms with Gasteiger partial charge in [-0.1, -0.05) is 26.0 Å². The molecule has 0 unspecified atom stereocenters. The van der Waals surface area contributed by atoms with Crippen LogP contribution >= 0.6 is 0 Å². The fraction of sp³-hybridized carbons (Fsp3) is 0.296. The highest BCUT2D eigenvalue weighted by atomic mass is 16.8. The number of carbonyl (C=O) groups excluding carboxylic acids is 4. The average Bonchev–Trinajstić information content (AvgIpc) is 3.41. The molecule has 2 aliphatic heterocycles. The van der Waals surface area contributed by atoms with E-state index in [2.05, 4.69) is 43.4 Å². The third kappa shape index (κ3) is 10.7. The van der Waals surface area contributed by atoms with E-state index in [0.717, 1.165) is 82.8 Å². The van der Waals surface area contributed by atoms with Crippen LogP contribution in [0, 0.1) is 13.8 Å². The van der Waals surface area contributed by atoms with Gasteiger partial charge in [0.05, 0.1) is 37.0 Å². The smallest absolute Gasteiger partial charge is 0.444 e. The lowest BCUT2D eigenvalue weighted by molar-refractivity contribution is -0.168. The first-order valence-corrected chi connectivity index (χ1v) is 23.5. The highest BCUT2D eigenvalue weighted by Crippen LogP contribution is 2.37. The van der Waals surface area contributed by atoms with Crippen molar-refractivity contribution in [3.8, 4) is 33.8 Å². The molecule has 0 aliphatic carbocycles. The molecule has 0 N–H and O–H groups in total. The number of nitrogens with zero attached hydrogens (tertiary/aromatic N) is 8. The molecule has 16 nitrogen and oxygen atoms in total. The molecule has 2 aromatic heterocycles. The largest absolute Gasteiger partial charge is 0.495 e. The number of methoxy groups -OCH3 is 2. The van der Waals surface area contributed by atoms with Crippen molar-refractivity contribution in [3.63, 3.8) is 0 Å². The van der Waals surface area contributed by atoms with Crippen molar-refractivity contribution in [3.05, 3.63) is 144 Å². The van der Waals surface area contributed by atoms with Gasteiger partial charge >= 0.3 is 11.9 Å². The Morgan fingerprint density at radius 2 is 0.871 bits per heavy atom. The number of aromatic nitrogens is 2. The molecule has 2 saturated heterocycles. The SMILES string of the molecule is CCN1CCN(c2cc(N(OC(=O)C(=O)ON(C(=O)c3ccc(-c4ccncc4)c(C)c3)c3ccc(OC)c(N4CCN(CC)CC4)c3)C(=O)c3ccc(-c4ccncc4)c(C)c3)ccc2OC)CC1. The Labute approximate surface area is 408 Å². The van der Waals surface area contributed by atoms with E-state index < -0.39 is 23.8 Å². The van der Waals surface area contributed by atoms with Crippen molar-refractivity contribution in [2.75, 3.05) is 99.6 Å². The number of anilines is 4. The molecule has 2 amide bonds. The molecule has 70 heavy (non-hydrogen) atoms. The summed E-state index contributed by atoms with van der Waals surface area (Å²) in [6, 6.07) is 27.7. The van der Waals surface area contributed by atoms with E-state index in [4.69, 9.17) is 19.1 Å². The minimum absolute atomic E-state index is 0.149. The van der Waals surface area contributed by atoms with Crippen LogP contribution < -0.4 is 29.4 Å². The zero-order chi connectivity index (χ0) is 49.3. The summed E-state index contributed by atoms with van der Waals surface area (Å²) in [6.07, 6.45) is 6.76. The third-order valence-electron chi connectivity index (χ3n) is 12.9. The monoisotopic (exact) mass is 946 g/mol. The van der Waals surface area contributed by atoms with E-state index in [1.165, 1.54) is 0 Å². The summed E-state index contributed by atoms with van der Waals surface area (Å²) in [6.45, 7) is 15.8. The molecule has 0 radical (unpaired) electrons. The standard InChI is InChI=1S/C54H58N8O8/c1-7-57-25-29-59(30-26-57)47-35-43(11-15-49(47)67-5)61(51(63)41-9-13-45(37(3)33-41)39-17-21-55-22-18-39)69-53(65)54(66)70-62(52(64)42-10-14-46(38(4)34-42)40-19-23-56-24-20-40)44-12-16-50(68-6)48(36-44)60-31-27-58(8-2)28-32-60/h9-24,33-36H,7-8,25-32H2,1-6H3. The number of hydrogen-bond acceptors (Lipinski definition) is 14. The molecule has 4 aromatic carbocycles. The van der Waals surface area contributed by atoms with Crippen molar-refractivity contribution in [2.24, 2.45) is 0 Å². The van der Waals surface area contributed by atoms with E-state index in [9.17, 15) is 19.2 Å². The van der Waals surface area contributed by atoms with Crippen LogP contribution in [0.15, 0.2) is 122 Å². The summed E-state index contributed by atoms with van der Waals surface area (Å²) in [5.41, 5.74) is 7.11. The Morgan fingerprint density at radius 3 is 1.20 bits per heavy atom. The maximum atomic E-state index is 14.8. The molecule has 2 aliphatic rings. The number of piperazine rings is 2. The van der Waals surface area contributed by atoms with Crippen molar-refractivity contribution in [1.82, 2.24) is 19.8 Å². The lowest BCUT2D eigenvalue weighted by Gasteiger charge is -2.36. The maximum Gasteiger partial charge on any atom is 0.444 e. The first-order valence-electron chi connectivity index (χ1n) is 23.5. The highest BCUT2D eigenvalue weighted by Gasteiger charge is 2.34. The van der Waals surface area contributed by atoms with E-state index in [0.29, 0.717) is 49.1 Å². The zero-order valence-corrected chi connectivity index (χ0v) is 40.5. The number of hydrogen-bond donors (Lipinski definition) is 0. The molecule has 4 heterocycles. The van der Waals surface area contributed by atoms with Crippen molar-refractivity contribution in [2.45, 2.75) is 27.7 Å². The van der Waals surface area contributed by atoms with Crippen LogP contribution in [0.5, 0.6) is 11.5 Å². The second-order valence-electron chi connectivity index (χ2n) is 17.0. The van der Waals surface area contributed by atoms with Crippen LogP contribution in [0.4, 0.5) is 22.7 Å². The van der Waals surface area contributed by atoms with Crippen molar-refractivity contribution < 1.29 is 38.3 Å². The summed E-state index contributed by atoms with van der Waals surface area (Å²) in [7, 11) is 3.13. The van der Waals surface area contributed by atoms with Crippen LogP contribution in [0.1, 0.15) is 45.7 Å². The van der Waals surface area contributed by atoms with E-state index in [1.54, 1.807) is 112 Å². The lowest BCUT2D eigenvalue weighted by atomic mass is 9.99. The Kier molecular flexibility index (Phi) is 15.3. The summed E-state index contributed by atoms with van der Waals surface area (Å²) in [5.74, 6) is -3.49. The molecule has 0 bridgehead atoms. The molecule has 2 fully saturated rings. The van der Waals surface area contributed by atoms with Gasteiger partial charge in [-0.05, 0) is 145 Å². The summed E-state index contributed by atoms with van der Waals surface area (Å²) >= 11 is 0. The van der Waals surface area contributed by atoms with Crippen LogP contribution in [0.2, 0.25) is 0 Å². The fourth-order valence-electron chi connectivity index (χ4n) is 8.92. The number of amides is 2. The number of likely N-dealkylation sites (N-methyl/N-ethyl adjacent to an activating group) is 2. The second kappa shape index (κ2) is 22.1. The van der Waals surface area contributed by atoms with Gasteiger partial charge in [0.1, 0.15) is 11.5 Å². The molecule has 6 aromatic rings. The number of aryl methyl sites for hydroxylation is 2. The first-order chi connectivity index (χ1) is 34.0. The fourth-order valence-corrected chi connectivity index (χ4v) is 8.92. The summed E-state index contributed by atoms with van der Waals surface area (Å²) in [5, 5.41) is 1.56. The summed E-state index contributed by atoms with van der Waals surface area (Å²) < 4.78 is 11.6. The lowest BCUT2D eigenvalue weighted by Crippen LogP contribution is -2.46. The topological polar surface area (TPSA) is 150 Å². The van der Waals surface area contributed by atoms with E-state index in [-0.39, 0.29) is 22.5 Å². The van der Waals surface area contributed by atoms with Gasteiger partial charge in [-0.2, -0.15) is 0 Å². The number of pyridine rings is 2. The summed E-state index contributed by atoms with van der Waals surface area (Å²) in [4.78, 5) is 86.9. The number of benzene rings is 4. The number of rotatable bonds is 12. The van der Waals surface area contributed by atoms with Gasteiger partial charge in [0.15, 0.2) is 0 Å². The quantitative estimate of drug-likeness (QED) is 0.0874. The van der Waals surface area contributed by atoms with Gasteiger partial charge in [0.25, 0.3) is 11.8 Å². The van der Waals surface area contributed by atoms with Crippen LogP contribution in [0.3, 0.4) is 0 Å². The van der Waals surface area contributed by atoms with Gasteiger partial charge in [-0.25, -0.2) is 9.59 Å². The van der Waals surface area contributed by atoms with Gasteiger partial charge in [0.2, 0.25) is 0 Å². The van der Waals surface area contributed by atoms with Crippen LogP contribution in [-0.4, -0.2) is 123 Å². The second-order valence-corrected chi connectivity index (χ2v) is 17.0. The van der Waals surface area contributed by atoms with Gasteiger partial charge in [-0.15, -0.1) is 10.1 Å². The number of hydroxylamine groups is 2. The first kappa shape index (κ1) is 48.6. The van der Waals surface area contributed by atoms with E-state index in [1.807, 2.05) is 38.1 Å². The number of carbonyl (C=O) groups is 4. The van der Waals surface area contributed by atoms with Crippen LogP contribution in [0.25, 0.3) is 22.3 Å². The normalized spacial score (nSPS) is 14.1. The Balaban J connectivity index is 1.14. The van der Waals surface area contributed by atoms with Crippen LogP contribution in [-0.2, 0) is 19.3 Å². The Bertz CT molecular complexity index is 2640. The minimum Gasteiger partial charge on any atom is -0.495 e. The average molecular weight is 947 g/mol. The van der Waals surface area contributed by atoms with Gasteiger partial charge in [-0.3, -0.25) is 19.6 Å². The molecule has 0 spiro atoms. The van der Waals surface area contributed by atoms with E-state index >= 15 is 0 Å². The molecule has 0 atom stereocenters. The molecular weight excluding hydrogens is 889 g/mol. The maximum absolute atomic E-state index is 14.8. The molecule has 0 saturated carbocycles. The third-order valence-corrected chi connectivity index (χ3v) is 12.9. The molecule has 8 rings (SSSR count). The molecule has 362 valence electrons. The highest BCUT2D eigenvalue weighted by molar-refractivity contribution is 6.31. The predicted molar refractivity (Wildman–Crippen MR) is 269 cm³/mol. The molecular formula is C54H58N8O8. The zero-order valence-electron chi connectivity index (χ0n) is 40.5. The van der Waals surface area contributed by atoms with Gasteiger partial charge < -0.3 is 38.7 Å². The Morgan fingerprint density at radius 1 is 0.500 bits per heavy atom. The number of ether oxygens (including phenoxy) is 2. The molecule has 16 heteroatoms. The van der Waals surface area contributed by atoms with Crippen molar-refractivity contribution >= 4 is 46.5 Å². The minimum atomic E-state index is -1.56. The predicted octanol–water partition coefficient (Wildman–Crippen LogP) is 7.64.